The van der Waals surface area contributed by atoms with Crippen molar-refractivity contribution < 1.29 is 4.74 Å². The van der Waals surface area contributed by atoms with E-state index >= 15 is 0 Å². The van der Waals surface area contributed by atoms with E-state index in [1.54, 1.807) is 18.2 Å². The van der Waals surface area contributed by atoms with Gasteiger partial charge in [-0.3, -0.25) is 0 Å². The standard InChI is InChI=1S/C15H16N4O/c1-3-20-15-8-14(17-10-18-15)19-11(2)13-6-4-12(9-16)5-7-13/h4-8,10-11H,3H2,1-2H3,(H,17,18,19). The monoisotopic (exact) mass is 268 g/mol. The highest BCUT2D eigenvalue weighted by atomic mass is 16.5. The Morgan fingerprint density at radius 2 is 2.05 bits per heavy atom. The molecule has 2 rings (SSSR count). The third kappa shape index (κ3) is 3.45. The first-order chi connectivity index (χ1) is 9.72. The minimum Gasteiger partial charge on any atom is -0.478 e. The fourth-order valence-electron chi connectivity index (χ4n) is 1.80. The van der Waals surface area contributed by atoms with Crippen LogP contribution in [0.1, 0.15) is 31.0 Å². The maximum absolute atomic E-state index is 8.79. The molecule has 0 bridgehead atoms. The molecule has 0 radical (unpaired) electrons. The van der Waals surface area contributed by atoms with Gasteiger partial charge in [-0.05, 0) is 31.5 Å². The second kappa shape index (κ2) is 6.53. The number of hydrogen-bond acceptors (Lipinski definition) is 5. The topological polar surface area (TPSA) is 70.8 Å². The van der Waals surface area contributed by atoms with Gasteiger partial charge in [0, 0.05) is 12.1 Å². The van der Waals surface area contributed by atoms with E-state index in [0.717, 1.165) is 5.56 Å². The van der Waals surface area contributed by atoms with Crippen LogP contribution in [-0.4, -0.2) is 16.6 Å². The second-order valence-corrected chi connectivity index (χ2v) is 4.27. The fourth-order valence-corrected chi connectivity index (χ4v) is 1.80. The third-order valence-electron chi connectivity index (χ3n) is 2.84. The molecule has 1 N–H and O–H groups in total. The summed E-state index contributed by atoms with van der Waals surface area (Å²) in [6.45, 7) is 4.51. The second-order valence-electron chi connectivity index (χ2n) is 4.27. The molecule has 0 fully saturated rings. The number of benzene rings is 1. The molecule has 1 aromatic heterocycles. The Hall–Kier alpha value is -2.61. The van der Waals surface area contributed by atoms with Gasteiger partial charge in [0.15, 0.2) is 0 Å². The van der Waals surface area contributed by atoms with Crippen molar-refractivity contribution >= 4 is 5.82 Å². The van der Waals surface area contributed by atoms with E-state index in [1.165, 1.54) is 6.33 Å². The molecule has 0 aliphatic heterocycles. The maximum Gasteiger partial charge on any atom is 0.218 e. The lowest BCUT2D eigenvalue weighted by atomic mass is 10.1. The van der Waals surface area contributed by atoms with E-state index in [1.807, 2.05) is 26.0 Å². The lowest BCUT2D eigenvalue weighted by molar-refractivity contribution is 0.326. The Bertz CT molecular complexity index is 604. The van der Waals surface area contributed by atoms with Gasteiger partial charge >= 0.3 is 0 Å². The van der Waals surface area contributed by atoms with Crippen LogP contribution >= 0.6 is 0 Å². The van der Waals surface area contributed by atoms with Crippen molar-refractivity contribution in [3.63, 3.8) is 0 Å². The zero-order chi connectivity index (χ0) is 14.4. The Balaban J connectivity index is 2.08. The van der Waals surface area contributed by atoms with Gasteiger partial charge in [-0.15, -0.1) is 0 Å². The lowest BCUT2D eigenvalue weighted by Crippen LogP contribution is -2.08. The summed E-state index contributed by atoms with van der Waals surface area (Å²) in [4.78, 5) is 8.19. The third-order valence-corrected chi connectivity index (χ3v) is 2.84. The van der Waals surface area contributed by atoms with Crippen LogP contribution in [0, 0.1) is 11.3 Å². The molecule has 1 unspecified atom stereocenters. The number of aromatic nitrogens is 2. The molecular formula is C15H16N4O. The number of nitrogens with one attached hydrogen (secondary N) is 1. The molecule has 0 aliphatic rings. The van der Waals surface area contributed by atoms with Gasteiger partial charge in [0.05, 0.1) is 18.2 Å². The van der Waals surface area contributed by atoms with Crippen LogP contribution in [0.2, 0.25) is 0 Å². The molecular weight excluding hydrogens is 252 g/mol. The molecule has 0 amide bonds. The Labute approximate surface area is 118 Å². The number of rotatable bonds is 5. The van der Waals surface area contributed by atoms with Crippen molar-refractivity contribution in [2.24, 2.45) is 0 Å². The van der Waals surface area contributed by atoms with Crippen molar-refractivity contribution in [1.29, 1.82) is 5.26 Å². The highest BCUT2D eigenvalue weighted by Gasteiger charge is 2.07. The van der Waals surface area contributed by atoms with Gasteiger partial charge < -0.3 is 10.1 Å². The highest BCUT2D eigenvalue weighted by Crippen LogP contribution is 2.19. The summed E-state index contributed by atoms with van der Waals surface area (Å²) in [6, 6.07) is 11.4. The van der Waals surface area contributed by atoms with Crippen molar-refractivity contribution in [2.45, 2.75) is 19.9 Å². The molecule has 102 valence electrons. The summed E-state index contributed by atoms with van der Waals surface area (Å²) in [5, 5.41) is 12.1. The molecule has 1 heterocycles. The van der Waals surface area contributed by atoms with Crippen LogP contribution in [-0.2, 0) is 0 Å². The number of nitrogens with zero attached hydrogens (tertiary/aromatic N) is 3. The van der Waals surface area contributed by atoms with Crippen molar-refractivity contribution in [3.8, 4) is 11.9 Å². The van der Waals surface area contributed by atoms with Gasteiger partial charge in [0.1, 0.15) is 12.1 Å². The molecule has 20 heavy (non-hydrogen) atoms. The average molecular weight is 268 g/mol. The van der Waals surface area contributed by atoms with Crippen LogP contribution in [0.5, 0.6) is 5.88 Å². The Kier molecular flexibility index (Phi) is 4.51. The van der Waals surface area contributed by atoms with Gasteiger partial charge in [-0.2, -0.15) is 5.26 Å². The number of hydrogen-bond donors (Lipinski definition) is 1. The summed E-state index contributed by atoms with van der Waals surface area (Å²) in [6.07, 6.45) is 1.47. The van der Waals surface area contributed by atoms with Crippen molar-refractivity contribution in [3.05, 3.63) is 47.8 Å². The smallest absolute Gasteiger partial charge is 0.218 e. The normalized spacial score (nSPS) is 11.4. The summed E-state index contributed by atoms with van der Waals surface area (Å²) < 4.78 is 5.34. The molecule has 5 heteroatoms. The lowest BCUT2D eigenvalue weighted by Gasteiger charge is -2.15. The maximum atomic E-state index is 8.79. The van der Waals surface area contributed by atoms with Crippen LogP contribution in [0.25, 0.3) is 0 Å². The molecule has 1 atom stereocenters. The minimum atomic E-state index is 0.0760. The summed E-state index contributed by atoms with van der Waals surface area (Å²) in [5.74, 6) is 1.26. The van der Waals surface area contributed by atoms with Crippen LogP contribution in [0.3, 0.4) is 0 Å². The largest absolute Gasteiger partial charge is 0.478 e. The quantitative estimate of drug-likeness (QED) is 0.902. The van der Waals surface area contributed by atoms with Gasteiger partial charge in [-0.1, -0.05) is 12.1 Å². The predicted octanol–water partition coefficient (Wildman–Crippen LogP) is 2.92. The number of nitriles is 1. The zero-order valence-electron chi connectivity index (χ0n) is 11.5. The van der Waals surface area contributed by atoms with E-state index in [-0.39, 0.29) is 6.04 Å². The van der Waals surface area contributed by atoms with E-state index < -0.39 is 0 Å². The van der Waals surface area contributed by atoms with Gasteiger partial charge in [0.25, 0.3) is 0 Å². The van der Waals surface area contributed by atoms with Crippen LogP contribution in [0.15, 0.2) is 36.7 Å². The van der Waals surface area contributed by atoms with E-state index in [2.05, 4.69) is 21.4 Å². The first-order valence-corrected chi connectivity index (χ1v) is 6.44. The molecule has 0 aliphatic carbocycles. The highest BCUT2D eigenvalue weighted by molar-refractivity contribution is 5.41. The summed E-state index contributed by atoms with van der Waals surface area (Å²) in [5.41, 5.74) is 1.74. The molecule has 0 spiro atoms. The predicted molar refractivity (Wildman–Crippen MR) is 76.4 cm³/mol. The van der Waals surface area contributed by atoms with Gasteiger partial charge in [0.2, 0.25) is 5.88 Å². The first kappa shape index (κ1) is 13.8. The SMILES string of the molecule is CCOc1cc(NC(C)c2ccc(C#N)cc2)ncn1. The van der Waals surface area contributed by atoms with Gasteiger partial charge in [-0.25, -0.2) is 9.97 Å². The zero-order valence-corrected chi connectivity index (χ0v) is 11.5. The Morgan fingerprint density at radius 3 is 2.70 bits per heavy atom. The summed E-state index contributed by atoms with van der Waals surface area (Å²) >= 11 is 0. The molecule has 0 saturated heterocycles. The fraction of sp³-hybridized carbons (Fsp3) is 0.267. The van der Waals surface area contributed by atoms with Crippen LogP contribution < -0.4 is 10.1 Å². The van der Waals surface area contributed by atoms with E-state index in [4.69, 9.17) is 10.00 Å². The molecule has 0 saturated carbocycles. The summed E-state index contributed by atoms with van der Waals surface area (Å²) in [7, 11) is 0. The van der Waals surface area contributed by atoms with E-state index in [0.29, 0.717) is 23.9 Å². The first-order valence-electron chi connectivity index (χ1n) is 6.44. The van der Waals surface area contributed by atoms with E-state index in [9.17, 15) is 0 Å². The molecule has 1 aromatic carbocycles. The minimum absolute atomic E-state index is 0.0760. The molecule has 2 aromatic rings. The Morgan fingerprint density at radius 1 is 1.30 bits per heavy atom. The molecule has 5 nitrogen and oxygen atoms in total. The number of anilines is 1. The van der Waals surface area contributed by atoms with Crippen LogP contribution in [0.4, 0.5) is 5.82 Å². The van der Waals surface area contributed by atoms with Crippen molar-refractivity contribution in [2.75, 3.05) is 11.9 Å². The van der Waals surface area contributed by atoms with Crippen molar-refractivity contribution in [1.82, 2.24) is 9.97 Å². The number of ether oxygens (including phenoxy) is 1. The average Bonchev–Trinajstić information content (AvgIpc) is 2.48.